The number of rotatable bonds is 1. The van der Waals surface area contributed by atoms with Gasteiger partial charge in [0.2, 0.25) is 0 Å². The Balaban J connectivity index is 1.44. The highest BCUT2D eigenvalue weighted by Gasteiger charge is 2.49. The molecular formula is C18H23FN8O. The zero-order valence-corrected chi connectivity index (χ0v) is 15.7. The Morgan fingerprint density at radius 2 is 2.11 bits per heavy atom. The third-order valence-electron chi connectivity index (χ3n) is 6.81. The normalized spacial score (nSPS) is 33.9. The van der Waals surface area contributed by atoms with E-state index in [0.717, 1.165) is 50.2 Å². The van der Waals surface area contributed by atoms with Crippen LogP contribution >= 0.6 is 0 Å². The summed E-state index contributed by atoms with van der Waals surface area (Å²) in [5, 5.41) is 13.1. The number of hydrazone groups is 1. The van der Waals surface area contributed by atoms with Crippen molar-refractivity contribution in [3.8, 4) is 0 Å². The topological polar surface area (TPSA) is 85.4 Å². The third kappa shape index (κ3) is 2.15. The van der Waals surface area contributed by atoms with E-state index in [1.54, 1.807) is 21.6 Å². The van der Waals surface area contributed by atoms with E-state index in [1.807, 2.05) is 4.90 Å². The Labute approximate surface area is 161 Å². The molecule has 9 nitrogen and oxygen atoms in total. The number of imidazole rings is 1. The predicted octanol–water partition coefficient (Wildman–Crippen LogP) is 1.81. The molecule has 0 amide bonds. The number of anilines is 1. The van der Waals surface area contributed by atoms with Gasteiger partial charge >= 0.3 is 0 Å². The van der Waals surface area contributed by atoms with Crippen molar-refractivity contribution in [1.82, 2.24) is 30.0 Å². The van der Waals surface area contributed by atoms with Crippen molar-refractivity contribution in [2.45, 2.75) is 63.3 Å². The number of nitrogens with one attached hydrogen (secondary N) is 1. The molecule has 5 unspecified atom stereocenters. The molecule has 2 aromatic rings. The molecule has 2 fully saturated rings. The van der Waals surface area contributed by atoms with Crippen molar-refractivity contribution in [3.63, 3.8) is 0 Å². The van der Waals surface area contributed by atoms with Crippen LogP contribution in [0.4, 0.5) is 10.2 Å². The Morgan fingerprint density at radius 3 is 2.96 bits per heavy atom. The van der Waals surface area contributed by atoms with Crippen LogP contribution in [0.25, 0.3) is 0 Å². The van der Waals surface area contributed by atoms with Gasteiger partial charge in [0.1, 0.15) is 12.0 Å². The Morgan fingerprint density at radius 1 is 1.21 bits per heavy atom. The van der Waals surface area contributed by atoms with Crippen LogP contribution in [0.2, 0.25) is 0 Å². The fourth-order valence-electron chi connectivity index (χ4n) is 5.46. The van der Waals surface area contributed by atoms with Gasteiger partial charge in [-0.25, -0.2) is 4.98 Å². The average Bonchev–Trinajstić information content (AvgIpc) is 3.46. The van der Waals surface area contributed by atoms with Crippen LogP contribution in [0.5, 0.6) is 0 Å². The van der Waals surface area contributed by atoms with Crippen molar-refractivity contribution < 1.29 is 9.13 Å². The quantitative estimate of drug-likeness (QED) is 0.805. The average molecular weight is 386 g/mol. The first-order valence-corrected chi connectivity index (χ1v) is 10.1. The lowest BCUT2D eigenvalue weighted by Crippen LogP contribution is -2.55. The highest BCUT2D eigenvalue weighted by Crippen LogP contribution is 2.46. The van der Waals surface area contributed by atoms with Crippen LogP contribution < -0.4 is 10.3 Å². The number of ether oxygens (including phenoxy) is 1. The van der Waals surface area contributed by atoms with Crippen molar-refractivity contribution in [2.75, 3.05) is 11.5 Å². The maximum atomic E-state index is 14.6. The zero-order chi connectivity index (χ0) is 18.8. The van der Waals surface area contributed by atoms with Gasteiger partial charge in [-0.3, -0.25) is 14.9 Å². The number of fused-ring (bicyclic) bond motifs is 6. The van der Waals surface area contributed by atoms with Crippen LogP contribution in [0.3, 0.4) is 0 Å². The second-order valence-corrected chi connectivity index (χ2v) is 8.17. The summed E-state index contributed by atoms with van der Waals surface area (Å²) in [6, 6.07) is 0.119. The maximum Gasteiger partial charge on any atom is 0.291 e. The Bertz CT molecular complexity index is 938. The first-order chi connectivity index (χ1) is 13.7. The van der Waals surface area contributed by atoms with Gasteiger partial charge in [-0.15, -0.1) is 10.2 Å². The lowest BCUT2D eigenvalue weighted by molar-refractivity contribution is 0.117. The molecule has 1 saturated heterocycles. The minimum atomic E-state index is -0.423. The molecule has 1 N–H and O–H groups in total. The summed E-state index contributed by atoms with van der Waals surface area (Å²) in [6.45, 7) is 2.81. The van der Waals surface area contributed by atoms with Gasteiger partial charge in [-0.05, 0) is 26.2 Å². The lowest BCUT2D eigenvalue weighted by Gasteiger charge is -2.45. The van der Waals surface area contributed by atoms with Crippen LogP contribution in [0.15, 0.2) is 17.5 Å². The molecule has 0 aromatic carbocycles. The van der Waals surface area contributed by atoms with Gasteiger partial charge in [-0.1, -0.05) is 18.1 Å². The van der Waals surface area contributed by atoms with E-state index in [9.17, 15) is 4.39 Å². The number of halogens is 1. The van der Waals surface area contributed by atoms with Gasteiger partial charge < -0.3 is 4.74 Å². The van der Waals surface area contributed by atoms with E-state index in [1.165, 1.54) is 0 Å². The smallest absolute Gasteiger partial charge is 0.291 e. The van der Waals surface area contributed by atoms with Gasteiger partial charge in [0.05, 0.1) is 24.2 Å². The van der Waals surface area contributed by atoms with E-state index in [-0.39, 0.29) is 30.1 Å². The minimum Gasteiger partial charge on any atom is -0.378 e. The second-order valence-electron chi connectivity index (χ2n) is 8.17. The molecule has 1 saturated carbocycles. The minimum absolute atomic E-state index is 0.0156. The monoisotopic (exact) mass is 386 g/mol. The maximum absolute atomic E-state index is 14.6. The van der Waals surface area contributed by atoms with E-state index >= 15 is 0 Å². The molecule has 148 valence electrons. The zero-order valence-electron chi connectivity index (χ0n) is 15.7. The summed E-state index contributed by atoms with van der Waals surface area (Å²) in [7, 11) is 0. The van der Waals surface area contributed by atoms with Crippen LogP contribution in [-0.2, 0) is 4.74 Å². The van der Waals surface area contributed by atoms with Crippen LogP contribution in [-0.4, -0.2) is 49.4 Å². The van der Waals surface area contributed by atoms with E-state index < -0.39 is 6.08 Å². The van der Waals surface area contributed by atoms with Gasteiger partial charge in [0.25, 0.3) is 12.0 Å². The molecule has 28 heavy (non-hydrogen) atoms. The van der Waals surface area contributed by atoms with Crippen molar-refractivity contribution >= 4 is 11.8 Å². The molecule has 10 heteroatoms. The van der Waals surface area contributed by atoms with E-state index in [4.69, 9.17) is 4.74 Å². The first kappa shape index (κ1) is 16.5. The van der Waals surface area contributed by atoms with Gasteiger partial charge in [0, 0.05) is 24.5 Å². The standard InChI is InChI=1S/C18H23FN8O/c1-10-11(6-7-28-10)14-8-21-24-27(14)18-23-22-16-12-4-2-3-5-13(12)25-15(26(16)18)9-20-17(25)19/h8-13,16,22H,2-7H2,1H3. The van der Waals surface area contributed by atoms with Crippen molar-refractivity contribution in [1.29, 1.82) is 0 Å². The third-order valence-corrected chi connectivity index (χ3v) is 6.81. The summed E-state index contributed by atoms with van der Waals surface area (Å²) in [4.78, 5) is 6.03. The second kappa shape index (κ2) is 6.00. The molecule has 0 radical (unpaired) electrons. The summed E-state index contributed by atoms with van der Waals surface area (Å²) < 4.78 is 23.9. The fraction of sp³-hybridized carbons (Fsp3) is 0.667. The lowest BCUT2D eigenvalue weighted by atomic mass is 9.80. The molecule has 2 aromatic heterocycles. The number of hydrogen-bond acceptors (Lipinski definition) is 7. The molecule has 1 aliphatic carbocycles. The predicted molar refractivity (Wildman–Crippen MR) is 98.2 cm³/mol. The number of hydrogen-bond donors (Lipinski definition) is 1. The summed E-state index contributed by atoms with van der Waals surface area (Å²) in [5.41, 5.74) is 4.28. The molecule has 6 rings (SSSR count). The molecule has 5 heterocycles. The van der Waals surface area contributed by atoms with Gasteiger partial charge in [-0.2, -0.15) is 9.07 Å². The number of aromatic nitrogens is 5. The largest absolute Gasteiger partial charge is 0.378 e. The fourth-order valence-corrected chi connectivity index (χ4v) is 5.46. The summed E-state index contributed by atoms with van der Waals surface area (Å²) >= 11 is 0. The van der Waals surface area contributed by atoms with Gasteiger partial charge in [0.15, 0.2) is 0 Å². The van der Waals surface area contributed by atoms with E-state index in [2.05, 4.69) is 32.7 Å². The molecular weight excluding hydrogens is 363 g/mol. The SMILES string of the molecule is CC1OCCC1c1cnnn1C1=NNC2C3CCCCC3n3c(cnc3F)N12. The highest BCUT2D eigenvalue weighted by atomic mass is 19.1. The molecule has 0 bridgehead atoms. The van der Waals surface area contributed by atoms with Crippen LogP contribution in [0, 0.1) is 12.0 Å². The Hall–Kier alpha value is -2.49. The van der Waals surface area contributed by atoms with Crippen molar-refractivity contribution in [2.24, 2.45) is 11.0 Å². The summed E-state index contributed by atoms with van der Waals surface area (Å²) in [5.74, 6) is 1.84. The molecule has 4 aliphatic rings. The van der Waals surface area contributed by atoms with Crippen LogP contribution in [0.1, 0.15) is 56.7 Å². The molecule has 3 aliphatic heterocycles. The highest BCUT2D eigenvalue weighted by molar-refractivity contribution is 5.98. The Kier molecular flexibility index (Phi) is 3.53. The number of nitrogens with zero attached hydrogens (tertiary/aromatic N) is 7. The van der Waals surface area contributed by atoms with Crippen molar-refractivity contribution in [3.05, 3.63) is 24.2 Å². The summed E-state index contributed by atoms with van der Waals surface area (Å²) in [6.07, 6.45) is 8.27. The first-order valence-electron chi connectivity index (χ1n) is 10.1. The van der Waals surface area contributed by atoms with E-state index in [0.29, 0.717) is 5.96 Å². The molecule has 0 spiro atoms. The molecule has 5 atom stereocenters.